The summed E-state index contributed by atoms with van der Waals surface area (Å²) in [4.78, 5) is 27.8. The Morgan fingerprint density at radius 3 is 2.60 bits per heavy atom. The maximum absolute atomic E-state index is 13.0. The molecule has 8 nitrogen and oxygen atoms in total. The highest BCUT2D eigenvalue weighted by Crippen LogP contribution is 2.20. The second-order valence-electron chi connectivity index (χ2n) is 6.24. The number of nitrogens with zero attached hydrogens (tertiary/aromatic N) is 2. The molecule has 0 bridgehead atoms. The molecule has 0 unspecified atom stereocenters. The molecule has 0 atom stereocenters. The van der Waals surface area contributed by atoms with Crippen LogP contribution in [0.5, 0.6) is 5.75 Å². The number of nitrogens with one attached hydrogen (secondary N) is 2. The van der Waals surface area contributed by atoms with E-state index in [0.717, 1.165) is 5.56 Å². The van der Waals surface area contributed by atoms with Crippen LogP contribution in [0.3, 0.4) is 0 Å². The molecule has 2 N–H and O–H groups in total. The summed E-state index contributed by atoms with van der Waals surface area (Å²) < 4.78 is 23.3. The average Bonchev–Trinajstić information content (AvgIpc) is 3.23. The highest BCUT2D eigenvalue weighted by atomic mass is 35.5. The van der Waals surface area contributed by atoms with Gasteiger partial charge in [-0.05, 0) is 55.0 Å². The molecule has 3 rings (SSSR count). The van der Waals surface area contributed by atoms with Crippen molar-refractivity contribution < 1.29 is 23.2 Å². The van der Waals surface area contributed by atoms with E-state index in [-0.39, 0.29) is 37.3 Å². The number of benzene rings is 2. The van der Waals surface area contributed by atoms with Gasteiger partial charge in [0, 0.05) is 23.7 Å². The first-order valence-corrected chi connectivity index (χ1v) is 9.33. The average molecular weight is 433 g/mol. The first kappa shape index (κ1) is 21.3. The van der Waals surface area contributed by atoms with Crippen molar-refractivity contribution in [2.45, 2.75) is 6.92 Å². The number of aromatic nitrogens is 2. The van der Waals surface area contributed by atoms with Crippen LogP contribution in [0.1, 0.15) is 16.2 Å². The van der Waals surface area contributed by atoms with Gasteiger partial charge in [0.05, 0.1) is 0 Å². The number of carbonyl (C=O) groups is 2. The number of ether oxygens (including phenoxy) is 1. The first-order valence-electron chi connectivity index (χ1n) is 8.96. The Labute approximate surface area is 176 Å². The number of rotatable bonds is 8. The molecule has 30 heavy (non-hydrogen) atoms. The number of halogens is 2. The van der Waals surface area contributed by atoms with Crippen LogP contribution >= 0.6 is 11.6 Å². The lowest BCUT2D eigenvalue weighted by molar-refractivity contribution is -0.123. The Bertz CT molecular complexity index is 1040. The summed E-state index contributed by atoms with van der Waals surface area (Å²) in [6, 6.07) is 10.6. The number of aryl methyl sites for hydroxylation is 1. The fourth-order valence-corrected chi connectivity index (χ4v) is 2.51. The second-order valence-corrected chi connectivity index (χ2v) is 6.64. The molecule has 3 aromatic rings. The molecule has 0 fully saturated rings. The van der Waals surface area contributed by atoms with Crippen molar-refractivity contribution in [1.82, 2.24) is 20.8 Å². The molecule has 0 aliphatic rings. The van der Waals surface area contributed by atoms with Crippen molar-refractivity contribution in [1.29, 1.82) is 0 Å². The fraction of sp³-hybridized carbons (Fsp3) is 0.200. The molecule has 2 aromatic carbocycles. The molecule has 0 saturated heterocycles. The highest BCUT2D eigenvalue weighted by molar-refractivity contribution is 6.31. The summed E-state index contributed by atoms with van der Waals surface area (Å²) in [5, 5.41) is 9.48. The topological polar surface area (TPSA) is 106 Å². The van der Waals surface area contributed by atoms with Crippen molar-refractivity contribution in [3.63, 3.8) is 0 Å². The molecular formula is C20H18ClFN4O4. The minimum Gasteiger partial charge on any atom is -0.484 e. The van der Waals surface area contributed by atoms with Gasteiger partial charge in [-0.2, -0.15) is 4.98 Å². The lowest BCUT2D eigenvalue weighted by atomic mass is 10.2. The Kier molecular flexibility index (Phi) is 6.97. The molecule has 0 spiro atoms. The van der Waals surface area contributed by atoms with Gasteiger partial charge >= 0.3 is 11.8 Å². The van der Waals surface area contributed by atoms with Crippen molar-refractivity contribution >= 4 is 23.4 Å². The standard InChI is InChI=1S/C20H18ClFN4O4/c1-12-10-15(6-7-16(12)21)29-11-17(27)23-8-9-24-19(28)20-25-18(26-30-20)13-2-4-14(22)5-3-13/h2-7,10H,8-9,11H2,1H3,(H,23,27)(H,24,28). The Morgan fingerprint density at radius 2 is 1.87 bits per heavy atom. The minimum absolute atomic E-state index is 0.152. The number of hydrogen-bond acceptors (Lipinski definition) is 6. The van der Waals surface area contributed by atoms with E-state index in [4.69, 9.17) is 20.9 Å². The molecule has 0 aliphatic carbocycles. The molecule has 10 heteroatoms. The van der Waals surface area contributed by atoms with E-state index >= 15 is 0 Å². The van der Waals surface area contributed by atoms with Crippen molar-refractivity contribution in [3.8, 4) is 17.1 Å². The fourth-order valence-electron chi connectivity index (χ4n) is 2.39. The Balaban J connectivity index is 1.38. The van der Waals surface area contributed by atoms with Crippen molar-refractivity contribution in [3.05, 3.63) is 64.8 Å². The predicted molar refractivity (Wildman–Crippen MR) is 107 cm³/mol. The van der Waals surface area contributed by atoms with Crippen LogP contribution < -0.4 is 15.4 Å². The normalized spacial score (nSPS) is 10.5. The van der Waals surface area contributed by atoms with Gasteiger partial charge in [-0.15, -0.1) is 0 Å². The van der Waals surface area contributed by atoms with E-state index < -0.39 is 11.7 Å². The molecule has 156 valence electrons. The Morgan fingerprint density at radius 1 is 1.13 bits per heavy atom. The Hall–Kier alpha value is -3.46. The predicted octanol–water partition coefficient (Wildman–Crippen LogP) is 2.76. The summed E-state index contributed by atoms with van der Waals surface area (Å²) in [7, 11) is 0. The van der Waals surface area contributed by atoms with Crippen LogP contribution in [0, 0.1) is 12.7 Å². The van der Waals surface area contributed by atoms with E-state index in [1.165, 1.54) is 24.3 Å². The van der Waals surface area contributed by atoms with Gasteiger partial charge in [0.25, 0.3) is 5.91 Å². The molecular weight excluding hydrogens is 415 g/mol. The van der Waals surface area contributed by atoms with Crippen LogP contribution in [0.25, 0.3) is 11.4 Å². The van der Waals surface area contributed by atoms with E-state index in [0.29, 0.717) is 16.3 Å². The lowest BCUT2D eigenvalue weighted by Gasteiger charge is -2.08. The van der Waals surface area contributed by atoms with Crippen LogP contribution in [-0.4, -0.2) is 41.7 Å². The lowest BCUT2D eigenvalue weighted by Crippen LogP contribution is -2.36. The third-order valence-electron chi connectivity index (χ3n) is 3.95. The summed E-state index contributed by atoms with van der Waals surface area (Å²) >= 11 is 5.94. The van der Waals surface area contributed by atoms with Crippen LogP contribution in [0.4, 0.5) is 4.39 Å². The third-order valence-corrected chi connectivity index (χ3v) is 4.38. The van der Waals surface area contributed by atoms with Crippen molar-refractivity contribution in [2.24, 2.45) is 0 Å². The molecule has 0 aliphatic heterocycles. The molecule has 0 radical (unpaired) electrons. The largest absolute Gasteiger partial charge is 0.484 e. The van der Waals surface area contributed by atoms with Gasteiger partial charge < -0.3 is 19.9 Å². The minimum atomic E-state index is -0.585. The summed E-state index contributed by atoms with van der Waals surface area (Å²) in [5.74, 6) is -0.846. The quantitative estimate of drug-likeness (QED) is 0.530. The van der Waals surface area contributed by atoms with E-state index in [1.54, 1.807) is 18.2 Å². The van der Waals surface area contributed by atoms with Gasteiger partial charge in [0.15, 0.2) is 6.61 Å². The summed E-state index contributed by atoms with van der Waals surface area (Å²) in [6.45, 7) is 2.01. The first-order chi connectivity index (χ1) is 14.4. The number of amides is 2. The van der Waals surface area contributed by atoms with Crippen LogP contribution in [0.2, 0.25) is 5.02 Å². The zero-order valence-corrected chi connectivity index (χ0v) is 16.7. The van der Waals surface area contributed by atoms with Gasteiger partial charge in [0.1, 0.15) is 11.6 Å². The van der Waals surface area contributed by atoms with E-state index in [9.17, 15) is 14.0 Å². The van der Waals surface area contributed by atoms with Gasteiger partial charge in [-0.1, -0.05) is 16.8 Å². The van der Waals surface area contributed by atoms with Crippen LogP contribution in [-0.2, 0) is 4.79 Å². The third kappa shape index (κ3) is 5.77. The second kappa shape index (κ2) is 9.84. The molecule has 1 heterocycles. The maximum atomic E-state index is 13.0. The number of carbonyl (C=O) groups excluding carboxylic acids is 2. The van der Waals surface area contributed by atoms with Gasteiger partial charge in [-0.3, -0.25) is 9.59 Å². The van der Waals surface area contributed by atoms with Gasteiger partial charge in [0.2, 0.25) is 5.82 Å². The van der Waals surface area contributed by atoms with E-state index in [1.807, 2.05) is 6.92 Å². The molecule has 1 aromatic heterocycles. The smallest absolute Gasteiger partial charge is 0.316 e. The van der Waals surface area contributed by atoms with Crippen molar-refractivity contribution in [2.75, 3.05) is 19.7 Å². The summed E-state index contributed by atoms with van der Waals surface area (Å²) in [6.07, 6.45) is 0. The monoisotopic (exact) mass is 432 g/mol. The number of hydrogen-bond donors (Lipinski definition) is 2. The van der Waals surface area contributed by atoms with Gasteiger partial charge in [-0.25, -0.2) is 4.39 Å². The zero-order valence-electron chi connectivity index (χ0n) is 15.9. The highest BCUT2D eigenvalue weighted by Gasteiger charge is 2.15. The van der Waals surface area contributed by atoms with Crippen LogP contribution in [0.15, 0.2) is 47.0 Å². The summed E-state index contributed by atoms with van der Waals surface area (Å²) in [5.41, 5.74) is 1.36. The zero-order chi connectivity index (χ0) is 21.5. The van der Waals surface area contributed by atoms with E-state index in [2.05, 4.69) is 20.8 Å². The SMILES string of the molecule is Cc1cc(OCC(=O)NCCNC(=O)c2nc(-c3ccc(F)cc3)no2)ccc1Cl. The molecule has 0 saturated carbocycles. The molecule has 2 amide bonds. The maximum Gasteiger partial charge on any atom is 0.316 e.